The quantitative estimate of drug-likeness (QED) is 0.580. The van der Waals surface area contributed by atoms with Crippen LogP contribution < -0.4 is 10.2 Å². The SMILES string of the molecule is CS(=O)(=O)Nc1ccc2ccc3ncc(-c4ccn[nH]4)cc3c(=O)c2c1. The maximum Gasteiger partial charge on any atom is 0.229 e. The molecule has 0 aliphatic rings. The maximum absolute atomic E-state index is 13.1. The van der Waals surface area contributed by atoms with E-state index in [0.29, 0.717) is 27.4 Å². The first kappa shape index (κ1) is 16.2. The third-order valence-electron chi connectivity index (χ3n) is 4.00. The van der Waals surface area contributed by atoms with Gasteiger partial charge in [0.2, 0.25) is 10.0 Å². The van der Waals surface area contributed by atoms with Crippen LogP contribution >= 0.6 is 0 Å². The van der Waals surface area contributed by atoms with E-state index in [0.717, 1.165) is 17.5 Å². The van der Waals surface area contributed by atoms with Crippen molar-refractivity contribution in [3.63, 3.8) is 0 Å². The van der Waals surface area contributed by atoms with Crippen molar-refractivity contribution < 1.29 is 8.42 Å². The van der Waals surface area contributed by atoms with Crippen LogP contribution in [0.4, 0.5) is 5.69 Å². The van der Waals surface area contributed by atoms with E-state index in [1.54, 1.807) is 54.9 Å². The number of benzene rings is 1. The Morgan fingerprint density at radius 1 is 1.04 bits per heavy atom. The molecule has 7 nitrogen and oxygen atoms in total. The van der Waals surface area contributed by atoms with E-state index in [2.05, 4.69) is 19.9 Å². The van der Waals surface area contributed by atoms with Gasteiger partial charge in [-0.25, -0.2) is 8.42 Å². The molecule has 0 atom stereocenters. The second-order valence-corrected chi connectivity index (χ2v) is 7.71. The summed E-state index contributed by atoms with van der Waals surface area (Å²) >= 11 is 0. The number of fused-ring (bicyclic) bond motifs is 2. The zero-order valence-electron chi connectivity index (χ0n) is 13.7. The van der Waals surface area contributed by atoms with Gasteiger partial charge in [-0.2, -0.15) is 5.10 Å². The second-order valence-electron chi connectivity index (χ2n) is 5.97. The minimum atomic E-state index is -3.43. The normalized spacial score (nSPS) is 11.7. The molecule has 2 aromatic carbocycles. The molecule has 0 bridgehead atoms. The molecule has 0 radical (unpaired) electrons. The van der Waals surface area contributed by atoms with E-state index < -0.39 is 10.0 Å². The molecule has 0 amide bonds. The van der Waals surface area contributed by atoms with Gasteiger partial charge >= 0.3 is 0 Å². The van der Waals surface area contributed by atoms with Gasteiger partial charge in [-0.15, -0.1) is 0 Å². The van der Waals surface area contributed by atoms with Crippen molar-refractivity contribution in [3.05, 3.63) is 65.1 Å². The van der Waals surface area contributed by atoms with Crippen LogP contribution in [0.5, 0.6) is 0 Å². The van der Waals surface area contributed by atoms with Crippen LogP contribution in [-0.4, -0.2) is 29.9 Å². The number of sulfonamides is 1. The van der Waals surface area contributed by atoms with Crippen molar-refractivity contribution in [1.82, 2.24) is 15.2 Å². The number of hydrogen-bond acceptors (Lipinski definition) is 5. The standard InChI is InChI=1S/C18H14N4O3S/c1-26(24,25)22-13-4-2-11-3-5-17-15(18(23)14(11)9-13)8-12(10-19-17)16-6-7-20-21-16/h2-10,22H,1H3,(H,20,21). The Labute approximate surface area is 148 Å². The summed E-state index contributed by atoms with van der Waals surface area (Å²) in [7, 11) is -3.43. The topological polar surface area (TPSA) is 105 Å². The zero-order valence-corrected chi connectivity index (χ0v) is 14.5. The average Bonchev–Trinajstić information content (AvgIpc) is 3.09. The minimum Gasteiger partial charge on any atom is -0.289 e. The number of hydrogen-bond donors (Lipinski definition) is 2. The Bertz CT molecular complexity index is 1300. The van der Waals surface area contributed by atoms with Crippen molar-refractivity contribution in [2.75, 3.05) is 11.0 Å². The van der Waals surface area contributed by atoms with E-state index >= 15 is 0 Å². The van der Waals surface area contributed by atoms with Crippen LogP contribution in [0.3, 0.4) is 0 Å². The molecule has 0 spiro atoms. The van der Waals surface area contributed by atoms with Gasteiger partial charge in [-0.1, -0.05) is 12.1 Å². The second kappa shape index (κ2) is 5.92. The molecule has 8 heteroatoms. The highest BCUT2D eigenvalue weighted by Crippen LogP contribution is 2.22. The lowest BCUT2D eigenvalue weighted by molar-refractivity contribution is 0.607. The Hall–Kier alpha value is -3.26. The molecule has 0 aliphatic carbocycles. The fraction of sp³-hybridized carbons (Fsp3) is 0.0556. The third kappa shape index (κ3) is 3.02. The van der Waals surface area contributed by atoms with Gasteiger partial charge < -0.3 is 0 Å². The van der Waals surface area contributed by atoms with E-state index in [1.807, 2.05) is 0 Å². The molecule has 2 aromatic heterocycles. The molecule has 0 unspecified atom stereocenters. The first-order valence-electron chi connectivity index (χ1n) is 7.75. The number of nitrogens with one attached hydrogen (secondary N) is 2. The fourth-order valence-electron chi connectivity index (χ4n) is 2.84. The summed E-state index contributed by atoms with van der Waals surface area (Å²) in [5.41, 5.74) is 2.19. The lowest BCUT2D eigenvalue weighted by Gasteiger charge is -2.03. The molecule has 2 heterocycles. The first-order chi connectivity index (χ1) is 12.4. The number of aromatic amines is 1. The van der Waals surface area contributed by atoms with E-state index in [1.165, 1.54) is 0 Å². The fourth-order valence-corrected chi connectivity index (χ4v) is 3.40. The highest BCUT2D eigenvalue weighted by molar-refractivity contribution is 7.92. The molecule has 0 saturated carbocycles. The smallest absolute Gasteiger partial charge is 0.229 e. The summed E-state index contributed by atoms with van der Waals surface area (Å²) < 4.78 is 25.3. The van der Waals surface area contributed by atoms with Gasteiger partial charge in [-0.05, 0) is 35.7 Å². The number of pyridine rings is 1. The van der Waals surface area contributed by atoms with Crippen molar-refractivity contribution in [2.24, 2.45) is 0 Å². The molecule has 26 heavy (non-hydrogen) atoms. The van der Waals surface area contributed by atoms with Gasteiger partial charge in [-0.3, -0.25) is 19.6 Å². The summed E-state index contributed by atoms with van der Waals surface area (Å²) in [6.45, 7) is 0. The van der Waals surface area contributed by atoms with E-state index in [-0.39, 0.29) is 5.43 Å². The Morgan fingerprint density at radius 3 is 2.58 bits per heavy atom. The molecule has 0 saturated heterocycles. The van der Waals surface area contributed by atoms with Gasteiger partial charge in [0, 0.05) is 34.4 Å². The van der Waals surface area contributed by atoms with Crippen LogP contribution in [0.1, 0.15) is 0 Å². The summed E-state index contributed by atoms with van der Waals surface area (Å²) in [5, 5.41) is 8.33. The molecular formula is C18H14N4O3S. The minimum absolute atomic E-state index is 0.217. The first-order valence-corrected chi connectivity index (χ1v) is 9.64. The molecule has 2 N–H and O–H groups in total. The lowest BCUT2D eigenvalue weighted by Crippen LogP contribution is -2.10. The molecule has 4 rings (SSSR count). The highest BCUT2D eigenvalue weighted by Gasteiger charge is 2.09. The summed E-state index contributed by atoms with van der Waals surface area (Å²) in [6.07, 6.45) is 4.37. The number of rotatable bonds is 3. The molecule has 4 aromatic rings. The lowest BCUT2D eigenvalue weighted by atomic mass is 10.1. The predicted octanol–water partition coefficient (Wildman–Crippen LogP) is 2.51. The number of anilines is 1. The number of aromatic nitrogens is 3. The molecule has 0 aliphatic heterocycles. The van der Waals surface area contributed by atoms with Gasteiger partial charge in [0.05, 0.1) is 17.5 Å². The van der Waals surface area contributed by atoms with Crippen LogP contribution in [0, 0.1) is 0 Å². The maximum atomic E-state index is 13.1. The molecule has 130 valence electrons. The Morgan fingerprint density at radius 2 is 1.85 bits per heavy atom. The van der Waals surface area contributed by atoms with Crippen molar-refractivity contribution in [1.29, 1.82) is 0 Å². The Balaban J connectivity index is 2.01. The van der Waals surface area contributed by atoms with Crippen molar-refractivity contribution in [2.45, 2.75) is 0 Å². The van der Waals surface area contributed by atoms with Crippen LogP contribution in [0.2, 0.25) is 0 Å². The van der Waals surface area contributed by atoms with Crippen LogP contribution in [0.15, 0.2) is 59.7 Å². The Kier molecular flexibility index (Phi) is 3.69. The average molecular weight is 366 g/mol. The predicted molar refractivity (Wildman–Crippen MR) is 102 cm³/mol. The zero-order chi connectivity index (χ0) is 18.3. The van der Waals surface area contributed by atoms with Crippen molar-refractivity contribution >= 4 is 37.4 Å². The van der Waals surface area contributed by atoms with E-state index in [9.17, 15) is 13.2 Å². The van der Waals surface area contributed by atoms with Gasteiger partial charge in [0.15, 0.2) is 5.43 Å². The van der Waals surface area contributed by atoms with Gasteiger partial charge in [0.1, 0.15) is 0 Å². The third-order valence-corrected chi connectivity index (χ3v) is 4.60. The van der Waals surface area contributed by atoms with Gasteiger partial charge in [0.25, 0.3) is 0 Å². The van der Waals surface area contributed by atoms with E-state index in [4.69, 9.17) is 0 Å². The van der Waals surface area contributed by atoms with Crippen LogP contribution in [-0.2, 0) is 10.0 Å². The van der Waals surface area contributed by atoms with Crippen molar-refractivity contribution in [3.8, 4) is 11.3 Å². The summed E-state index contributed by atoms with van der Waals surface area (Å²) in [5.74, 6) is 0. The summed E-state index contributed by atoms with van der Waals surface area (Å²) in [4.78, 5) is 17.5. The summed E-state index contributed by atoms with van der Waals surface area (Å²) in [6, 6.07) is 12.0. The van der Waals surface area contributed by atoms with Crippen LogP contribution in [0.25, 0.3) is 32.9 Å². The molecule has 0 fully saturated rings. The number of H-pyrrole nitrogens is 1. The number of nitrogens with zero attached hydrogens (tertiary/aromatic N) is 2. The highest BCUT2D eigenvalue weighted by atomic mass is 32.2. The molecular weight excluding hydrogens is 352 g/mol. The largest absolute Gasteiger partial charge is 0.289 e. The monoisotopic (exact) mass is 366 g/mol.